The van der Waals surface area contributed by atoms with Crippen LogP contribution in [-0.4, -0.2) is 22.0 Å². The molecule has 0 radical (unpaired) electrons. The number of hydrogen-bond donors (Lipinski definition) is 3. The highest BCUT2D eigenvalue weighted by molar-refractivity contribution is 6.05. The van der Waals surface area contributed by atoms with Gasteiger partial charge in [-0.15, -0.1) is 0 Å². The molecule has 200 valence electrons. The van der Waals surface area contributed by atoms with E-state index in [-0.39, 0.29) is 22.7 Å². The molecule has 4 aromatic rings. The van der Waals surface area contributed by atoms with Gasteiger partial charge in [-0.3, -0.25) is 9.59 Å². The summed E-state index contributed by atoms with van der Waals surface area (Å²) in [4.78, 5) is 30.7. The SMILES string of the molecule is Cc1c(NC(=O)c2ccc(C(C)(C)C)cc2)cccc1-c1cn(C)c(=O)c(Nc2ccc3c(c2)CCNC3)n1. The number of carbonyl (C=O) groups excluding carboxylic acids is 1. The lowest BCUT2D eigenvalue weighted by Crippen LogP contribution is -2.24. The minimum absolute atomic E-state index is 0.0216. The lowest BCUT2D eigenvalue weighted by Gasteiger charge is -2.19. The van der Waals surface area contributed by atoms with E-state index in [2.05, 4.69) is 48.9 Å². The molecule has 1 aromatic heterocycles. The van der Waals surface area contributed by atoms with E-state index < -0.39 is 0 Å². The quantitative estimate of drug-likeness (QED) is 0.314. The Bertz CT molecular complexity index is 1600. The zero-order chi connectivity index (χ0) is 27.7. The van der Waals surface area contributed by atoms with Gasteiger partial charge >= 0.3 is 0 Å². The molecular weight excluding hydrogens is 486 g/mol. The number of benzene rings is 3. The Hall–Kier alpha value is -4.23. The maximum atomic E-state index is 13.0. The summed E-state index contributed by atoms with van der Waals surface area (Å²) < 4.78 is 1.54. The van der Waals surface area contributed by atoms with Gasteiger partial charge < -0.3 is 20.5 Å². The minimum Gasteiger partial charge on any atom is -0.336 e. The standard InChI is InChI=1S/C32H35N5O2/c1-20-26(7-6-8-27(20)36-30(38)21-9-12-24(13-10-21)32(2,3)4)28-19-37(5)31(39)29(35-28)34-25-14-11-23-18-33-16-15-22(23)17-25/h6-14,17,19,33H,15-16,18H2,1-5H3,(H,34,35)(H,36,38). The second-order valence-electron chi connectivity index (χ2n) is 11.2. The normalized spacial score (nSPS) is 13.1. The smallest absolute Gasteiger partial charge is 0.293 e. The summed E-state index contributed by atoms with van der Waals surface area (Å²) in [6.07, 6.45) is 2.68. The maximum absolute atomic E-state index is 13.0. The fraction of sp³-hybridized carbons (Fsp3) is 0.281. The molecule has 1 amide bonds. The predicted molar refractivity (Wildman–Crippen MR) is 158 cm³/mol. The number of aryl methyl sites for hydroxylation is 1. The van der Waals surface area contributed by atoms with Crippen LogP contribution < -0.4 is 21.5 Å². The summed E-state index contributed by atoms with van der Waals surface area (Å²) in [7, 11) is 1.72. The molecule has 39 heavy (non-hydrogen) atoms. The summed E-state index contributed by atoms with van der Waals surface area (Å²) in [5.74, 6) is 0.0887. The van der Waals surface area contributed by atoms with Gasteiger partial charge in [0, 0.05) is 42.3 Å². The van der Waals surface area contributed by atoms with Crippen molar-refractivity contribution in [3.05, 3.63) is 105 Å². The number of anilines is 3. The van der Waals surface area contributed by atoms with Crippen LogP contribution in [0, 0.1) is 6.92 Å². The first-order valence-electron chi connectivity index (χ1n) is 13.3. The highest BCUT2D eigenvalue weighted by Crippen LogP contribution is 2.29. The Morgan fingerprint density at radius 2 is 1.79 bits per heavy atom. The molecule has 0 saturated heterocycles. The molecule has 0 unspecified atom stereocenters. The molecule has 0 aliphatic carbocycles. The molecule has 0 saturated carbocycles. The molecular formula is C32H35N5O2. The third kappa shape index (κ3) is 5.64. The van der Waals surface area contributed by atoms with E-state index in [0.29, 0.717) is 16.9 Å². The van der Waals surface area contributed by atoms with Gasteiger partial charge in [0.25, 0.3) is 11.5 Å². The van der Waals surface area contributed by atoms with Gasteiger partial charge in [-0.1, -0.05) is 51.1 Å². The summed E-state index contributed by atoms with van der Waals surface area (Å²) in [5, 5.41) is 9.67. The zero-order valence-corrected chi connectivity index (χ0v) is 23.2. The number of nitrogens with one attached hydrogen (secondary N) is 3. The van der Waals surface area contributed by atoms with E-state index in [1.807, 2.05) is 55.5 Å². The molecule has 3 aromatic carbocycles. The summed E-state index contributed by atoms with van der Waals surface area (Å²) in [5.41, 5.74) is 8.03. The number of carbonyl (C=O) groups is 1. The molecule has 2 heterocycles. The van der Waals surface area contributed by atoms with E-state index in [0.717, 1.165) is 36.3 Å². The molecule has 3 N–H and O–H groups in total. The molecule has 0 atom stereocenters. The zero-order valence-electron chi connectivity index (χ0n) is 23.2. The number of rotatable bonds is 5. The van der Waals surface area contributed by atoms with E-state index in [1.165, 1.54) is 21.3 Å². The van der Waals surface area contributed by atoms with Gasteiger partial charge in [-0.2, -0.15) is 0 Å². The lowest BCUT2D eigenvalue weighted by atomic mass is 9.86. The average Bonchev–Trinajstić information content (AvgIpc) is 2.92. The summed E-state index contributed by atoms with van der Waals surface area (Å²) in [6.45, 7) is 10.2. The van der Waals surface area contributed by atoms with Crippen molar-refractivity contribution >= 4 is 23.1 Å². The Kier molecular flexibility index (Phi) is 7.10. The molecule has 0 fully saturated rings. The van der Waals surface area contributed by atoms with Crippen LogP contribution in [-0.2, 0) is 25.4 Å². The van der Waals surface area contributed by atoms with Gasteiger partial charge in [0.2, 0.25) is 0 Å². The van der Waals surface area contributed by atoms with Crippen LogP contribution in [0.4, 0.5) is 17.2 Å². The molecule has 1 aliphatic rings. The maximum Gasteiger partial charge on any atom is 0.293 e. The van der Waals surface area contributed by atoms with Crippen LogP contribution in [0.25, 0.3) is 11.3 Å². The fourth-order valence-corrected chi connectivity index (χ4v) is 4.87. The van der Waals surface area contributed by atoms with Crippen LogP contribution in [0.1, 0.15) is 53.4 Å². The Balaban J connectivity index is 1.42. The average molecular weight is 522 g/mol. The van der Waals surface area contributed by atoms with Gasteiger partial charge in [0.15, 0.2) is 5.82 Å². The van der Waals surface area contributed by atoms with Gasteiger partial charge in [-0.05, 0) is 77.9 Å². The topological polar surface area (TPSA) is 88.0 Å². The number of hydrogen-bond acceptors (Lipinski definition) is 5. The third-order valence-electron chi connectivity index (χ3n) is 7.30. The van der Waals surface area contributed by atoms with E-state index in [9.17, 15) is 9.59 Å². The van der Waals surface area contributed by atoms with E-state index in [4.69, 9.17) is 4.98 Å². The summed E-state index contributed by atoms with van der Waals surface area (Å²) in [6, 6.07) is 19.6. The van der Waals surface area contributed by atoms with Crippen LogP contribution in [0.3, 0.4) is 0 Å². The van der Waals surface area contributed by atoms with Gasteiger partial charge in [0.05, 0.1) is 5.69 Å². The molecule has 0 bridgehead atoms. The predicted octanol–water partition coefficient (Wildman–Crippen LogP) is 5.69. The Labute approximate surface area is 229 Å². The first-order valence-corrected chi connectivity index (χ1v) is 13.3. The van der Waals surface area contributed by atoms with Crippen LogP contribution >= 0.6 is 0 Å². The van der Waals surface area contributed by atoms with Crippen molar-refractivity contribution in [1.29, 1.82) is 0 Å². The Morgan fingerprint density at radius 3 is 2.54 bits per heavy atom. The van der Waals surface area contributed by atoms with Gasteiger partial charge in [0.1, 0.15) is 0 Å². The second-order valence-corrected chi connectivity index (χ2v) is 11.2. The van der Waals surface area contributed by atoms with Crippen molar-refractivity contribution in [2.45, 2.75) is 46.1 Å². The monoisotopic (exact) mass is 521 g/mol. The van der Waals surface area contributed by atoms with Crippen LogP contribution in [0.15, 0.2) is 71.7 Å². The lowest BCUT2D eigenvalue weighted by molar-refractivity contribution is 0.102. The van der Waals surface area contributed by atoms with Crippen molar-refractivity contribution in [3.8, 4) is 11.3 Å². The first kappa shape index (κ1) is 26.4. The highest BCUT2D eigenvalue weighted by atomic mass is 16.1. The number of amides is 1. The minimum atomic E-state index is -0.209. The Morgan fingerprint density at radius 1 is 1.03 bits per heavy atom. The van der Waals surface area contributed by atoms with Crippen LogP contribution in [0.2, 0.25) is 0 Å². The number of aromatic nitrogens is 2. The molecule has 0 spiro atoms. The van der Waals surface area contributed by atoms with Crippen LogP contribution in [0.5, 0.6) is 0 Å². The summed E-state index contributed by atoms with van der Waals surface area (Å²) >= 11 is 0. The number of fused-ring (bicyclic) bond motifs is 1. The van der Waals surface area contributed by atoms with Crippen molar-refractivity contribution in [2.24, 2.45) is 7.05 Å². The largest absolute Gasteiger partial charge is 0.336 e. The third-order valence-corrected chi connectivity index (χ3v) is 7.30. The molecule has 5 rings (SSSR count). The van der Waals surface area contributed by atoms with Crippen molar-refractivity contribution in [2.75, 3.05) is 17.2 Å². The molecule has 7 heteroatoms. The van der Waals surface area contributed by atoms with Crippen molar-refractivity contribution < 1.29 is 4.79 Å². The number of nitrogens with zero attached hydrogens (tertiary/aromatic N) is 2. The van der Waals surface area contributed by atoms with Crippen molar-refractivity contribution in [3.63, 3.8) is 0 Å². The molecule has 7 nitrogen and oxygen atoms in total. The fourth-order valence-electron chi connectivity index (χ4n) is 4.87. The first-order chi connectivity index (χ1) is 18.6. The molecule has 1 aliphatic heterocycles. The van der Waals surface area contributed by atoms with Gasteiger partial charge in [-0.25, -0.2) is 4.98 Å². The second kappa shape index (κ2) is 10.5. The van der Waals surface area contributed by atoms with E-state index >= 15 is 0 Å². The van der Waals surface area contributed by atoms with Crippen molar-refractivity contribution in [1.82, 2.24) is 14.9 Å². The highest BCUT2D eigenvalue weighted by Gasteiger charge is 2.17. The van der Waals surface area contributed by atoms with E-state index in [1.54, 1.807) is 13.2 Å².